The van der Waals surface area contributed by atoms with Crippen LogP contribution in [0, 0.1) is 12.8 Å². The minimum atomic E-state index is -1.82. The Bertz CT molecular complexity index is 1140. The molecule has 2 atom stereocenters. The van der Waals surface area contributed by atoms with Crippen molar-refractivity contribution in [2.75, 3.05) is 3.08 Å². The van der Waals surface area contributed by atoms with Gasteiger partial charge in [-0.05, 0) is 0 Å². The number of hydrogen-bond acceptors (Lipinski definition) is 3. The molecule has 2 aromatic carbocycles. The first-order valence-electron chi connectivity index (χ1n) is 11.5. The van der Waals surface area contributed by atoms with E-state index >= 15 is 0 Å². The molecule has 0 saturated heterocycles. The average Bonchev–Trinajstić information content (AvgIpc) is 2.82. The van der Waals surface area contributed by atoms with Crippen LogP contribution in [0.25, 0.3) is 5.57 Å². The number of anilines is 1. The number of nitrogens with two attached hydrogens (primary N) is 1. The number of nitrogens with one attached hydrogen (secondary N) is 1. The fourth-order valence-electron chi connectivity index (χ4n) is 4.02. The molecule has 4 N–H and O–H groups in total. The van der Waals surface area contributed by atoms with Gasteiger partial charge in [-0.3, -0.25) is 0 Å². The zero-order valence-corrected chi connectivity index (χ0v) is 28.3. The van der Waals surface area contributed by atoms with Crippen molar-refractivity contribution in [1.82, 2.24) is 0 Å². The van der Waals surface area contributed by atoms with Crippen LogP contribution in [-0.4, -0.2) is 10.9 Å². The van der Waals surface area contributed by atoms with Crippen LogP contribution in [-0.2, 0) is 31.5 Å². The molecule has 0 saturated carbocycles. The van der Waals surface area contributed by atoms with E-state index in [4.69, 9.17) is 17.3 Å². The van der Waals surface area contributed by atoms with Gasteiger partial charge in [0.15, 0.2) is 0 Å². The summed E-state index contributed by atoms with van der Waals surface area (Å²) in [4.78, 5) is 4.33. The summed E-state index contributed by atoms with van der Waals surface area (Å²) in [5.74, 6) is 0.852. The molecule has 0 bridgehead atoms. The molecule has 2 rings (SSSR count). The Labute approximate surface area is 224 Å². The SMILES string of the molecule is C=CN=C(N)C(/C(=C\C)c1cccc([NH][Hg][c]2cc(C)cc(CO)c2Cl)c1P)=C(\C)C(C)CC. The number of aliphatic hydroxyl groups is 1. The summed E-state index contributed by atoms with van der Waals surface area (Å²) >= 11 is 4.76. The molecule has 178 valence electrons. The summed E-state index contributed by atoms with van der Waals surface area (Å²) in [6.45, 7) is 14.3. The number of rotatable bonds is 10. The number of aryl methyl sites for hydroxylation is 1. The maximum atomic E-state index is 9.64. The molecular formula is C27H35ClHgN3OP. The predicted molar refractivity (Wildman–Crippen MR) is 149 cm³/mol. The second kappa shape index (κ2) is 13.6. The van der Waals surface area contributed by atoms with Gasteiger partial charge < -0.3 is 0 Å². The Kier molecular flexibility index (Phi) is 11.5. The number of aliphatic imine (C=N–C) groups is 1. The van der Waals surface area contributed by atoms with Crippen LogP contribution in [0.15, 0.2) is 65.3 Å². The van der Waals surface area contributed by atoms with Crippen LogP contribution in [0.5, 0.6) is 0 Å². The van der Waals surface area contributed by atoms with Crippen LogP contribution in [0.4, 0.5) is 5.69 Å². The summed E-state index contributed by atoms with van der Waals surface area (Å²) in [6.07, 6.45) is 4.62. The van der Waals surface area contributed by atoms with E-state index < -0.39 is 24.9 Å². The molecule has 2 unspecified atom stereocenters. The van der Waals surface area contributed by atoms with Gasteiger partial charge in [0, 0.05) is 0 Å². The van der Waals surface area contributed by atoms with E-state index in [1.54, 1.807) is 0 Å². The minimum absolute atomic E-state index is 0.0469. The molecule has 0 amide bonds. The third-order valence-electron chi connectivity index (χ3n) is 6.19. The molecule has 34 heavy (non-hydrogen) atoms. The molecule has 0 aliphatic rings. The quantitative estimate of drug-likeness (QED) is 0.0998. The topological polar surface area (TPSA) is 70.6 Å². The van der Waals surface area contributed by atoms with Gasteiger partial charge in [0.05, 0.1) is 0 Å². The molecular weight excluding hydrogens is 649 g/mol. The van der Waals surface area contributed by atoms with Gasteiger partial charge in [-0.15, -0.1) is 0 Å². The van der Waals surface area contributed by atoms with Crippen LogP contribution in [0.2, 0.25) is 5.02 Å². The first-order chi connectivity index (χ1) is 16.2. The van der Waals surface area contributed by atoms with Gasteiger partial charge in [0.1, 0.15) is 0 Å². The molecule has 4 nitrogen and oxygen atoms in total. The Hall–Kier alpha value is -1.45. The van der Waals surface area contributed by atoms with Crippen molar-refractivity contribution >= 4 is 46.3 Å². The molecule has 0 heterocycles. The van der Waals surface area contributed by atoms with Crippen LogP contribution >= 0.6 is 20.8 Å². The third-order valence-corrected chi connectivity index (χ3v) is 14.0. The monoisotopic (exact) mass is 685 g/mol. The number of hydrogen-bond donors (Lipinski definition) is 3. The average molecular weight is 685 g/mol. The normalized spacial score (nSPS) is 13.8. The van der Waals surface area contributed by atoms with Crippen molar-refractivity contribution in [1.29, 1.82) is 0 Å². The molecule has 0 aromatic heterocycles. The molecule has 0 spiro atoms. The summed E-state index contributed by atoms with van der Waals surface area (Å²) in [5, 5.41) is 11.4. The fourth-order valence-corrected chi connectivity index (χ4v) is 11.8. The van der Waals surface area contributed by atoms with E-state index in [1.165, 1.54) is 14.8 Å². The van der Waals surface area contributed by atoms with E-state index in [-0.39, 0.29) is 6.61 Å². The number of aliphatic hydroxyl groups excluding tert-OH is 1. The van der Waals surface area contributed by atoms with E-state index in [0.29, 0.717) is 16.8 Å². The standard InChI is InChI=1S/C19H27N3P.C8H8ClO.Hg/c1-6-12(4)13(5)17(19(21)22-8-3)14(7-2)15-10-9-11-16(20)18(15)23;1-6-2-3-8(9)7(4-6)5-10;/h7-12,20H,3,6,23H2,1-2,4-5H3,(H2,21,22);2,4,10H,5H2,1H3;/q-1;;+1/b14-7-,17-13+;;. The Balaban J connectivity index is 2.52. The number of halogens is 1. The van der Waals surface area contributed by atoms with Gasteiger partial charge in [0.2, 0.25) is 0 Å². The molecule has 7 heteroatoms. The van der Waals surface area contributed by atoms with Gasteiger partial charge >= 0.3 is 226 Å². The summed E-state index contributed by atoms with van der Waals surface area (Å²) < 4.78 is 4.91. The Morgan fingerprint density at radius 1 is 1.38 bits per heavy atom. The predicted octanol–water partition coefficient (Wildman–Crippen LogP) is 5.64. The Morgan fingerprint density at radius 3 is 2.68 bits per heavy atom. The Morgan fingerprint density at radius 2 is 2.09 bits per heavy atom. The van der Waals surface area contributed by atoms with Crippen molar-refractivity contribution in [3.8, 4) is 0 Å². The van der Waals surface area contributed by atoms with Gasteiger partial charge in [-0.25, -0.2) is 0 Å². The summed E-state index contributed by atoms with van der Waals surface area (Å²) in [5.41, 5.74) is 13.8. The van der Waals surface area contributed by atoms with Crippen molar-refractivity contribution in [2.45, 2.75) is 47.6 Å². The zero-order valence-electron chi connectivity index (χ0n) is 20.9. The van der Waals surface area contributed by atoms with Crippen molar-refractivity contribution < 1.29 is 30.0 Å². The van der Waals surface area contributed by atoms with Crippen LogP contribution in [0.1, 0.15) is 50.8 Å². The fraction of sp³-hybridized carbons (Fsp3) is 0.296. The van der Waals surface area contributed by atoms with Crippen LogP contribution in [0.3, 0.4) is 0 Å². The van der Waals surface area contributed by atoms with Crippen LogP contribution < -0.4 is 17.2 Å². The first-order valence-corrected chi connectivity index (χ1v) is 18.0. The second-order valence-electron chi connectivity index (χ2n) is 8.44. The maximum absolute atomic E-state index is 9.64. The number of nitrogens with zero attached hydrogens (tertiary/aromatic N) is 1. The number of benzene rings is 2. The molecule has 0 aliphatic heterocycles. The van der Waals surface area contributed by atoms with E-state index in [9.17, 15) is 5.11 Å². The second-order valence-corrected chi connectivity index (χ2v) is 15.1. The van der Waals surface area contributed by atoms with Gasteiger partial charge in [-0.1, -0.05) is 0 Å². The zero-order chi connectivity index (χ0) is 25.4. The number of amidine groups is 1. The van der Waals surface area contributed by atoms with E-state index in [2.05, 4.69) is 75.0 Å². The van der Waals surface area contributed by atoms with E-state index in [1.807, 2.05) is 19.9 Å². The summed E-state index contributed by atoms with van der Waals surface area (Å²) in [7, 11) is 2.90. The van der Waals surface area contributed by atoms with Gasteiger partial charge in [0.25, 0.3) is 0 Å². The summed E-state index contributed by atoms with van der Waals surface area (Å²) in [6, 6.07) is 10.4. The molecule has 0 radical (unpaired) electrons. The first kappa shape index (κ1) is 28.8. The van der Waals surface area contributed by atoms with Crippen molar-refractivity contribution in [3.63, 3.8) is 0 Å². The van der Waals surface area contributed by atoms with Crippen molar-refractivity contribution in [2.24, 2.45) is 16.6 Å². The molecule has 2 aromatic rings. The molecule has 0 fully saturated rings. The van der Waals surface area contributed by atoms with Crippen molar-refractivity contribution in [3.05, 3.63) is 82.0 Å². The van der Waals surface area contributed by atoms with E-state index in [0.717, 1.165) is 45.2 Å². The van der Waals surface area contributed by atoms with Gasteiger partial charge in [-0.2, -0.15) is 0 Å². The number of allylic oxidation sites excluding steroid dienone is 2. The third kappa shape index (κ3) is 6.82. The molecule has 0 aliphatic carbocycles.